The van der Waals surface area contributed by atoms with Crippen LogP contribution in [-0.4, -0.2) is 34.5 Å². The van der Waals surface area contributed by atoms with Crippen molar-refractivity contribution in [2.75, 3.05) is 6.54 Å². The van der Waals surface area contributed by atoms with Crippen molar-refractivity contribution in [2.45, 2.75) is 31.7 Å². The second-order valence-corrected chi connectivity index (χ2v) is 6.28. The van der Waals surface area contributed by atoms with Crippen LogP contribution in [0.25, 0.3) is 10.1 Å². The van der Waals surface area contributed by atoms with Gasteiger partial charge < -0.3 is 10.0 Å². The standard InChI is InChI=1S/C16H17NO3S/c18-15(17-8-4-3-6-13(17)16(19)20)9-11-10-21-14-7-2-1-5-12(11)14/h1-2,5,7,10,13H,3-4,6,8-9H2,(H,19,20). The van der Waals surface area contributed by atoms with Gasteiger partial charge in [0.25, 0.3) is 0 Å². The molecule has 4 nitrogen and oxygen atoms in total. The number of likely N-dealkylation sites (tertiary alicyclic amines) is 1. The molecule has 0 spiro atoms. The maximum absolute atomic E-state index is 12.5. The van der Waals surface area contributed by atoms with E-state index in [0.717, 1.165) is 28.5 Å². The largest absolute Gasteiger partial charge is 0.480 e. The van der Waals surface area contributed by atoms with Crippen molar-refractivity contribution >= 4 is 33.3 Å². The smallest absolute Gasteiger partial charge is 0.326 e. The molecule has 1 N–H and O–H groups in total. The summed E-state index contributed by atoms with van der Waals surface area (Å²) in [4.78, 5) is 25.3. The zero-order chi connectivity index (χ0) is 14.8. The Kier molecular flexibility index (Phi) is 3.92. The maximum Gasteiger partial charge on any atom is 0.326 e. The number of thiophene rings is 1. The number of piperidine rings is 1. The third-order valence-electron chi connectivity index (χ3n) is 4.01. The number of carboxylic acid groups (broad SMARTS) is 1. The third-order valence-corrected chi connectivity index (χ3v) is 5.02. The molecule has 1 amide bonds. The molecule has 1 unspecified atom stereocenters. The summed E-state index contributed by atoms with van der Waals surface area (Å²) in [5.74, 6) is -0.969. The van der Waals surface area contributed by atoms with Crippen LogP contribution in [0.3, 0.4) is 0 Å². The number of carboxylic acids is 1. The fourth-order valence-corrected chi connectivity index (χ4v) is 3.88. The van der Waals surface area contributed by atoms with Crippen molar-refractivity contribution in [3.63, 3.8) is 0 Å². The van der Waals surface area contributed by atoms with Gasteiger partial charge in [0.2, 0.25) is 5.91 Å². The molecule has 1 aromatic heterocycles. The van der Waals surface area contributed by atoms with Crippen LogP contribution in [0.1, 0.15) is 24.8 Å². The van der Waals surface area contributed by atoms with E-state index < -0.39 is 12.0 Å². The van der Waals surface area contributed by atoms with E-state index in [-0.39, 0.29) is 12.3 Å². The molecule has 0 aliphatic carbocycles. The lowest BCUT2D eigenvalue weighted by Gasteiger charge is -2.33. The molecule has 0 radical (unpaired) electrons. The number of rotatable bonds is 3. The summed E-state index contributed by atoms with van der Waals surface area (Å²) < 4.78 is 1.16. The van der Waals surface area contributed by atoms with Gasteiger partial charge in [-0.1, -0.05) is 18.2 Å². The lowest BCUT2D eigenvalue weighted by Crippen LogP contribution is -2.48. The molecule has 1 aromatic carbocycles. The Bertz CT molecular complexity index is 679. The molecule has 2 heterocycles. The van der Waals surface area contributed by atoms with Crippen molar-refractivity contribution < 1.29 is 14.7 Å². The zero-order valence-electron chi connectivity index (χ0n) is 11.6. The van der Waals surface area contributed by atoms with Gasteiger partial charge in [0.1, 0.15) is 6.04 Å². The normalized spacial score (nSPS) is 18.9. The molecule has 110 valence electrons. The molecule has 0 bridgehead atoms. The zero-order valence-corrected chi connectivity index (χ0v) is 12.4. The molecule has 1 atom stereocenters. The van der Waals surface area contributed by atoms with Crippen LogP contribution >= 0.6 is 11.3 Å². The van der Waals surface area contributed by atoms with Crippen molar-refractivity contribution in [1.82, 2.24) is 4.90 Å². The van der Waals surface area contributed by atoms with Gasteiger partial charge in [-0.25, -0.2) is 4.79 Å². The Hall–Kier alpha value is -1.88. The van der Waals surface area contributed by atoms with E-state index in [9.17, 15) is 14.7 Å². The number of nitrogens with zero attached hydrogens (tertiary/aromatic N) is 1. The second-order valence-electron chi connectivity index (χ2n) is 5.37. The highest BCUT2D eigenvalue weighted by Crippen LogP contribution is 2.27. The average Bonchev–Trinajstić information content (AvgIpc) is 2.90. The number of carbonyl (C=O) groups excluding carboxylic acids is 1. The second kappa shape index (κ2) is 5.85. The number of carbonyl (C=O) groups is 2. The minimum absolute atomic E-state index is 0.0781. The summed E-state index contributed by atoms with van der Waals surface area (Å²) in [6.45, 7) is 0.553. The highest BCUT2D eigenvalue weighted by atomic mass is 32.1. The quantitative estimate of drug-likeness (QED) is 0.948. The monoisotopic (exact) mass is 303 g/mol. The van der Waals surface area contributed by atoms with Crippen LogP contribution in [0.2, 0.25) is 0 Å². The predicted octanol–water partition coefficient (Wildman–Crippen LogP) is 2.91. The predicted molar refractivity (Wildman–Crippen MR) is 82.5 cm³/mol. The maximum atomic E-state index is 12.5. The topological polar surface area (TPSA) is 57.6 Å². The van der Waals surface area contributed by atoms with E-state index in [1.807, 2.05) is 29.6 Å². The molecule has 5 heteroatoms. The van der Waals surface area contributed by atoms with Gasteiger partial charge in [-0.15, -0.1) is 11.3 Å². The number of hydrogen-bond donors (Lipinski definition) is 1. The van der Waals surface area contributed by atoms with Gasteiger partial charge in [-0.2, -0.15) is 0 Å². The minimum Gasteiger partial charge on any atom is -0.480 e. The van der Waals surface area contributed by atoms with Crippen LogP contribution in [0, 0.1) is 0 Å². The average molecular weight is 303 g/mol. The number of benzene rings is 1. The first-order chi connectivity index (χ1) is 10.2. The van der Waals surface area contributed by atoms with Crippen molar-refractivity contribution in [3.8, 4) is 0 Å². The Labute approximate surface area is 127 Å². The summed E-state index contributed by atoms with van der Waals surface area (Å²) in [6, 6.07) is 7.34. The van der Waals surface area contributed by atoms with Gasteiger partial charge in [0.15, 0.2) is 0 Å². The minimum atomic E-state index is -0.891. The Morgan fingerprint density at radius 1 is 1.29 bits per heavy atom. The van der Waals surface area contributed by atoms with E-state index in [0.29, 0.717) is 13.0 Å². The summed E-state index contributed by atoms with van der Waals surface area (Å²) in [5, 5.41) is 12.4. The van der Waals surface area contributed by atoms with Crippen LogP contribution in [-0.2, 0) is 16.0 Å². The van der Waals surface area contributed by atoms with E-state index in [2.05, 4.69) is 0 Å². The lowest BCUT2D eigenvalue weighted by molar-refractivity contribution is -0.151. The first-order valence-corrected chi connectivity index (χ1v) is 8.02. The molecule has 1 fully saturated rings. The summed E-state index contributed by atoms with van der Waals surface area (Å²) in [6.07, 6.45) is 2.61. The summed E-state index contributed by atoms with van der Waals surface area (Å²) >= 11 is 1.62. The summed E-state index contributed by atoms with van der Waals surface area (Å²) in [7, 11) is 0. The van der Waals surface area contributed by atoms with E-state index in [4.69, 9.17) is 0 Å². The molecule has 21 heavy (non-hydrogen) atoms. The van der Waals surface area contributed by atoms with Gasteiger partial charge in [0.05, 0.1) is 6.42 Å². The van der Waals surface area contributed by atoms with E-state index in [1.165, 1.54) is 4.90 Å². The highest BCUT2D eigenvalue weighted by molar-refractivity contribution is 7.17. The van der Waals surface area contributed by atoms with Crippen molar-refractivity contribution in [3.05, 3.63) is 35.2 Å². The molecule has 1 aliphatic rings. The molecule has 0 saturated carbocycles. The van der Waals surface area contributed by atoms with E-state index in [1.54, 1.807) is 11.3 Å². The number of hydrogen-bond acceptors (Lipinski definition) is 3. The van der Waals surface area contributed by atoms with Crippen LogP contribution in [0.4, 0.5) is 0 Å². The molecule has 3 rings (SSSR count). The van der Waals surface area contributed by atoms with Gasteiger partial charge in [-0.3, -0.25) is 4.79 Å². The Morgan fingerprint density at radius 2 is 2.10 bits per heavy atom. The van der Waals surface area contributed by atoms with Crippen molar-refractivity contribution in [2.24, 2.45) is 0 Å². The Balaban J connectivity index is 1.80. The van der Waals surface area contributed by atoms with Crippen LogP contribution in [0.5, 0.6) is 0 Å². The fraction of sp³-hybridized carbons (Fsp3) is 0.375. The first kappa shape index (κ1) is 14.1. The number of amides is 1. The van der Waals surface area contributed by atoms with E-state index >= 15 is 0 Å². The number of fused-ring (bicyclic) bond motifs is 1. The Morgan fingerprint density at radius 3 is 2.90 bits per heavy atom. The lowest BCUT2D eigenvalue weighted by atomic mass is 10.0. The third kappa shape index (κ3) is 2.78. The molecule has 2 aromatic rings. The van der Waals surface area contributed by atoms with Gasteiger partial charge >= 0.3 is 5.97 Å². The molecular weight excluding hydrogens is 286 g/mol. The fourth-order valence-electron chi connectivity index (χ4n) is 2.92. The van der Waals surface area contributed by atoms with Gasteiger partial charge in [-0.05, 0) is 41.7 Å². The SMILES string of the molecule is O=C(O)C1CCCCN1C(=O)Cc1csc2ccccc12. The van der Waals surface area contributed by atoms with Crippen molar-refractivity contribution in [1.29, 1.82) is 0 Å². The molecule has 1 saturated heterocycles. The molecular formula is C16H17NO3S. The van der Waals surface area contributed by atoms with Gasteiger partial charge in [0, 0.05) is 11.2 Å². The highest BCUT2D eigenvalue weighted by Gasteiger charge is 2.31. The van der Waals surface area contributed by atoms with Crippen LogP contribution < -0.4 is 0 Å². The number of aliphatic carboxylic acids is 1. The first-order valence-electron chi connectivity index (χ1n) is 7.14. The molecule has 1 aliphatic heterocycles. The van der Waals surface area contributed by atoms with Crippen LogP contribution in [0.15, 0.2) is 29.6 Å². The summed E-state index contributed by atoms with van der Waals surface area (Å²) in [5.41, 5.74) is 0.996.